The van der Waals surface area contributed by atoms with Gasteiger partial charge in [0.25, 0.3) is 0 Å². The van der Waals surface area contributed by atoms with Gasteiger partial charge in [0, 0.05) is 13.5 Å². The Morgan fingerprint density at radius 2 is 1.82 bits per heavy atom. The Kier molecular flexibility index (Phi) is 6.08. The molecule has 5 heteroatoms. The molecule has 0 aromatic rings. The van der Waals surface area contributed by atoms with Crippen LogP contribution in [0.3, 0.4) is 0 Å². The number of hydrogen-bond acceptors (Lipinski definition) is 5. The van der Waals surface area contributed by atoms with Crippen molar-refractivity contribution < 1.29 is 9.84 Å². The number of aliphatic hydroxyl groups is 1. The van der Waals surface area contributed by atoms with E-state index >= 15 is 0 Å². The average Bonchev–Trinajstić information content (AvgIpc) is 2.88. The highest BCUT2D eigenvalue weighted by Crippen LogP contribution is 2.53. The van der Waals surface area contributed by atoms with Crippen LogP contribution in [0.5, 0.6) is 0 Å². The van der Waals surface area contributed by atoms with Crippen molar-refractivity contribution >= 4 is 0 Å². The van der Waals surface area contributed by atoms with Gasteiger partial charge in [0.05, 0.1) is 18.1 Å². The maximum Gasteiger partial charge on any atom is 0.165 e. The van der Waals surface area contributed by atoms with Crippen LogP contribution < -0.4 is 16.0 Å². The van der Waals surface area contributed by atoms with Crippen LogP contribution >= 0.6 is 0 Å². The van der Waals surface area contributed by atoms with Gasteiger partial charge in [-0.3, -0.25) is 16.0 Å². The molecular weight excluding hydrogens is 410 g/mol. The fraction of sp³-hybridized carbons (Fsp3) is 0.643. The van der Waals surface area contributed by atoms with Crippen molar-refractivity contribution in [3.8, 4) is 0 Å². The summed E-state index contributed by atoms with van der Waals surface area (Å²) >= 11 is 0. The second kappa shape index (κ2) is 9.18. The summed E-state index contributed by atoms with van der Waals surface area (Å²) in [4.78, 5) is 0. The van der Waals surface area contributed by atoms with Crippen molar-refractivity contribution in [3.63, 3.8) is 0 Å². The van der Waals surface area contributed by atoms with Crippen LogP contribution in [0.4, 0.5) is 0 Å². The summed E-state index contributed by atoms with van der Waals surface area (Å²) in [5.74, 6) is 3.56. The molecule has 0 aromatic heterocycles. The van der Waals surface area contributed by atoms with E-state index in [2.05, 4.69) is 52.4 Å². The molecule has 1 saturated heterocycles. The molecule has 5 nitrogen and oxygen atoms in total. The highest BCUT2D eigenvalue weighted by molar-refractivity contribution is 5.43. The van der Waals surface area contributed by atoms with E-state index in [1.807, 2.05) is 0 Å². The predicted molar refractivity (Wildman–Crippen MR) is 131 cm³/mol. The zero-order chi connectivity index (χ0) is 22.4. The van der Waals surface area contributed by atoms with E-state index in [4.69, 9.17) is 4.74 Å². The van der Waals surface area contributed by atoms with E-state index in [9.17, 15) is 5.11 Å². The summed E-state index contributed by atoms with van der Waals surface area (Å²) in [7, 11) is 1.76. The fourth-order valence-electron chi connectivity index (χ4n) is 7.58. The van der Waals surface area contributed by atoms with Crippen molar-refractivity contribution in [1.82, 2.24) is 16.0 Å². The molecule has 33 heavy (non-hydrogen) atoms. The number of ether oxygens (including phenoxy) is 1. The summed E-state index contributed by atoms with van der Waals surface area (Å²) in [6.07, 6.45) is 24.6. The number of nitrogens with one attached hydrogen (secondary N) is 3. The largest absolute Gasteiger partial charge is 0.512 e. The van der Waals surface area contributed by atoms with E-state index in [-0.39, 0.29) is 18.7 Å². The molecule has 0 radical (unpaired) electrons. The normalized spacial score (nSPS) is 42.7. The number of rotatable bonds is 3. The van der Waals surface area contributed by atoms with E-state index in [0.717, 1.165) is 31.3 Å². The molecule has 6 rings (SSSR count). The van der Waals surface area contributed by atoms with Gasteiger partial charge >= 0.3 is 0 Å². The Balaban J connectivity index is 1.32. The van der Waals surface area contributed by atoms with Crippen molar-refractivity contribution in [2.45, 2.75) is 76.5 Å². The van der Waals surface area contributed by atoms with Gasteiger partial charge in [-0.05, 0) is 97.7 Å². The molecule has 0 bridgehead atoms. The molecule has 5 aliphatic carbocycles. The minimum atomic E-state index is -0.214. The van der Waals surface area contributed by atoms with Crippen molar-refractivity contribution in [3.05, 3.63) is 58.9 Å². The Bertz CT molecular complexity index is 916. The molecule has 1 aliphatic heterocycles. The molecule has 1 heterocycles. The Labute approximate surface area is 198 Å². The zero-order valence-electron chi connectivity index (χ0n) is 19.8. The first-order valence-electron chi connectivity index (χ1n) is 13.2. The molecule has 4 N–H and O–H groups in total. The molecular formula is C28H39N3O2. The smallest absolute Gasteiger partial charge is 0.165 e. The monoisotopic (exact) mass is 449 g/mol. The molecule has 0 amide bonds. The van der Waals surface area contributed by atoms with Crippen molar-refractivity contribution in [1.29, 1.82) is 0 Å². The molecule has 0 spiro atoms. The van der Waals surface area contributed by atoms with Crippen LogP contribution in [0.2, 0.25) is 0 Å². The Morgan fingerprint density at radius 3 is 2.70 bits per heavy atom. The summed E-state index contributed by atoms with van der Waals surface area (Å²) < 4.78 is 5.78. The first-order valence-corrected chi connectivity index (χ1v) is 13.2. The van der Waals surface area contributed by atoms with Gasteiger partial charge in [-0.1, -0.05) is 36.5 Å². The van der Waals surface area contributed by atoms with Gasteiger partial charge in [0.15, 0.2) is 6.35 Å². The lowest BCUT2D eigenvalue weighted by Crippen LogP contribution is -2.71. The van der Waals surface area contributed by atoms with Gasteiger partial charge in [-0.25, -0.2) is 0 Å². The zero-order valence-corrected chi connectivity index (χ0v) is 19.8. The number of methoxy groups -OCH3 is 1. The number of allylic oxidation sites excluding steroid dienone is 9. The standard InChI is InChI=1S/C28H39N3O2/c1-33-28-30-26(22-12-6-7-13-25(22)32)29-27(31-28)24-16-23-18-9-3-2-8-17(18)14-15-21(23)19-10-4-5-11-20(19)24/h3-4,9-10,14-15,19-21,23-24,26-32H,2,5-8,11-13,16H2,1H3. The maximum atomic E-state index is 10.7. The van der Waals surface area contributed by atoms with Crippen LogP contribution in [0.15, 0.2) is 58.9 Å². The van der Waals surface area contributed by atoms with E-state index in [1.54, 1.807) is 18.3 Å². The third-order valence-corrected chi connectivity index (χ3v) is 9.16. The highest BCUT2D eigenvalue weighted by Gasteiger charge is 2.49. The van der Waals surface area contributed by atoms with Gasteiger partial charge < -0.3 is 9.84 Å². The van der Waals surface area contributed by atoms with Gasteiger partial charge in [0.2, 0.25) is 0 Å². The van der Waals surface area contributed by atoms with Crippen LogP contribution in [-0.4, -0.2) is 30.9 Å². The molecule has 178 valence electrons. The minimum Gasteiger partial charge on any atom is -0.512 e. The first kappa shape index (κ1) is 21.8. The lowest BCUT2D eigenvalue weighted by molar-refractivity contribution is -0.0404. The second-order valence-electron chi connectivity index (χ2n) is 10.8. The third kappa shape index (κ3) is 3.97. The number of aliphatic hydroxyl groups excluding tert-OH is 1. The maximum absolute atomic E-state index is 10.7. The molecule has 1 saturated carbocycles. The van der Waals surface area contributed by atoms with Gasteiger partial charge in [-0.2, -0.15) is 0 Å². The van der Waals surface area contributed by atoms with Gasteiger partial charge in [-0.15, -0.1) is 0 Å². The lowest BCUT2D eigenvalue weighted by atomic mass is 9.55. The SMILES string of the molecule is COC1NC(C2=C(O)CCCC2)NC(C2CC3C4=C(C=CC3C3C=CCCC32)CCC=C4)N1. The van der Waals surface area contributed by atoms with Crippen LogP contribution in [0.1, 0.15) is 57.8 Å². The average molecular weight is 450 g/mol. The molecule has 2 fully saturated rings. The number of fused-ring (bicyclic) bond motifs is 4. The third-order valence-electron chi connectivity index (χ3n) is 9.16. The highest BCUT2D eigenvalue weighted by atomic mass is 16.5. The summed E-state index contributed by atoms with van der Waals surface area (Å²) in [5, 5.41) is 21.8. The quantitative estimate of drug-likeness (QED) is 0.467. The molecule has 8 atom stereocenters. The Morgan fingerprint density at radius 1 is 0.909 bits per heavy atom. The summed E-state index contributed by atoms with van der Waals surface area (Å²) in [5.41, 5.74) is 4.29. The van der Waals surface area contributed by atoms with Crippen LogP contribution in [-0.2, 0) is 4.74 Å². The van der Waals surface area contributed by atoms with Crippen LogP contribution in [0, 0.1) is 29.6 Å². The van der Waals surface area contributed by atoms with Crippen molar-refractivity contribution in [2.75, 3.05) is 7.11 Å². The topological polar surface area (TPSA) is 65.5 Å². The molecule has 6 aliphatic rings. The number of hydrogen-bond donors (Lipinski definition) is 4. The van der Waals surface area contributed by atoms with E-state index < -0.39 is 0 Å². The first-order chi connectivity index (χ1) is 16.2. The summed E-state index contributed by atoms with van der Waals surface area (Å²) in [6, 6.07) is 0. The van der Waals surface area contributed by atoms with E-state index in [0.29, 0.717) is 35.3 Å². The predicted octanol–water partition coefficient (Wildman–Crippen LogP) is 4.79. The minimum absolute atomic E-state index is 0.0348. The molecule has 0 aromatic carbocycles. The van der Waals surface area contributed by atoms with Gasteiger partial charge in [0.1, 0.15) is 0 Å². The van der Waals surface area contributed by atoms with E-state index in [1.165, 1.54) is 32.1 Å². The Hall–Kier alpha value is -1.66. The fourth-order valence-corrected chi connectivity index (χ4v) is 7.58. The summed E-state index contributed by atoms with van der Waals surface area (Å²) in [6.45, 7) is 0. The second-order valence-corrected chi connectivity index (χ2v) is 10.8. The lowest BCUT2D eigenvalue weighted by Gasteiger charge is -2.53. The molecule has 8 unspecified atom stereocenters. The van der Waals surface area contributed by atoms with Crippen LogP contribution in [0.25, 0.3) is 0 Å². The van der Waals surface area contributed by atoms with Crippen molar-refractivity contribution in [2.24, 2.45) is 29.6 Å².